The van der Waals surface area contributed by atoms with Crippen LogP contribution in [-0.4, -0.2) is 48.1 Å². The van der Waals surface area contributed by atoms with Crippen LogP contribution in [0.4, 0.5) is 10.3 Å². The van der Waals surface area contributed by atoms with E-state index in [-0.39, 0.29) is 36.7 Å². The summed E-state index contributed by atoms with van der Waals surface area (Å²) in [7, 11) is 0. The second kappa shape index (κ2) is 6.86. The third-order valence-corrected chi connectivity index (χ3v) is 4.68. The van der Waals surface area contributed by atoms with Gasteiger partial charge >= 0.3 is 5.69 Å². The van der Waals surface area contributed by atoms with Gasteiger partial charge in [-0.05, 0) is 17.7 Å². The number of aromatic amines is 1. The topological polar surface area (TPSA) is 148 Å². The van der Waals surface area contributed by atoms with Crippen LogP contribution in [0.5, 0.6) is 0 Å². The summed E-state index contributed by atoms with van der Waals surface area (Å²) in [4.78, 5) is 32.0. The van der Waals surface area contributed by atoms with E-state index in [0.29, 0.717) is 5.56 Å². The Hall–Kier alpha value is -3.02. The van der Waals surface area contributed by atoms with Crippen LogP contribution in [0.3, 0.4) is 0 Å². The van der Waals surface area contributed by atoms with Crippen molar-refractivity contribution >= 4 is 17.1 Å². The fourth-order valence-corrected chi connectivity index (χ4v) is 3.47. The van der Waals surface area contributed by atoms with Crippen LogP contribution in [0.25, 0.3) is 11.2 Å². The van der Waals surface area contributed by atoms with Gasteiger partial charge in [-0.25, -0.2) is 13.8 Å². The molecule has 0 aliphatic carbocycles. The molecule has 0 radical (unpaired) electrons. The highest BCUT2D eigenvalue weighted by Crippen LogP contribution is 2.29. The van der Waals surface area contributed by atoms with Crippen molar-refractivity contribution in [2.75, 3.05) is 12.3 Å². The van der Waals surface area contributed by atoms with Crippen molar-refractivity contribution in [1.82, 2.24) is 19.1 Å². The molecule has 1 saturated heterocycles. The largest absolute Gasteiger partial charge is 0.394 e. The number of anilines is 1. The number of nitrogens with one attached hydrogen (secondary N) is 1. The van der Waals surface area contributed by atoms with Crippen molar-refractivity contribution in [2.45, 2.75) is 31.4 Å². The first-order valence-corrected chi connectivity index (χ1v) is 8.58. The molecule has 1 aromatic carbocycles. The zero-order valence-electron chi connectivity index (χ0n) is 14.6. The average molecular weight is 391 g/mol. The standard InChI is InChI=1S/C17H18FN5O5/c18-9-3-1-2-8(4-9)6-22-12-13(20-16(19)21-14(12)26)23(17(22)27)15-11(25)5-10(7-24)28-15/h1-4,10-11,15,24-25H,5-7H2,(H3,19,20,21,26)/t10-,11+,15+/m0/s1. The molecule has 2 aromatic heterocycles. The van der Waals surface area contributed by atoms with Gasteiger partial charge in [0.1, 0.15) is 11.9 Å². The van der Waals surface area contributed by atoms with Crippen molar-refractivity contribution < 1.29 is 19.3 Å². The SMILES string of the molecule is Nc1nc2c(c(=O)[nH]1)n(Cc1cccc(F)c1)c(=O)n2[C@@H]1O[C@H](CO)C[C@H]1O. The van der Waals surface area contributed by atoms with E-state index in [1.54, 1.807) is 6.07 Å². The monoisotopic (exact) mass is 391 g/mol. The lowest BCUT2D eigenvalue weighted by atomic mass is 10.2. The molecule has 10 nitrogen and oxygen atoms in total. The van der Waals surface area contributed by atoms with Crippen LogP contribution >= 0.6 is 0 Å². The predicted octanol–water partition coefficient (Wildman–Crippen LogP) is -0.703. The molecule has 11 heteroatoms. The highest BCUT2D eigenvalue weighted by Gasteiger charge is 2.38. The molecular weight excluding hydrogens is 373 g/mol. The number of aliphatic hydroxyl groups is 2. The van der Waals surface area contributed by atoms with Gasteiger partial charge in [0, 0.05) is 6.42 Å². The van der Waals surface area contributed by atoms with E-state index in [2.05, 4.69) is 9.97 Å². The lowest BCUT2D eigenvalue weighted by Crippen LogP contribution is -2.32. The van der Waals surface area contributed by atoms with E-state index in [1.165, 1.54) is 18.2 Å². The smallest absolute Gasteiger partial charge is 0.333 e. The van der Waals surface area contributed by atoms with Crippen LogP contribution in [0.15, 0.2) is 33.9 Å². The number of nitrogens with two attached hydrogens (primary N) is 1. The summed E-state index contributed by atoms with van der Waals surface area (Å²) in [6, 6.07) is 5.62. The first-order chi connectivity index (χ1) is 13.4. The van der Waals surface area contributed by atoms with E-state index in [9.17, 15) is 24.2 Å². The molecule has 1 aliphatic rings. The summed E-state index contributed by atoms with van der Waals surface area (Å²) in [6.45, 7) is -0.429. The third-order valence-electron chi connectivity index (χ3n) is 4.68. The second-order valence-corrected chi connectivity index (χ2v) is 6.63. The van der Waals surface area contributed by atoms with Crippen LogP contribution in [-0.2, 0) is 11.3 Å². The van der Waals surface area contributed by atoms with Gasteiger partial charge in [-0.1, -0.05) is 12.1 Å². The van der Waals surface area contributed by atoms with Gasteiger partial charge < -0.3 is 20.7 Å². The summed E-state index contributed by atoms with van der Waals surface area (Å²) in [5.41, 5.74) is 4.62. The Morgan fingerprint density at radius 1 is 1.39 bits per heavy atom. The Morgan fingerprint density at radius 2 is 2.18 bits per heavy atom. The van der Waals surface area contributed by atoms with Crippen molar-refractivity contribution in [1.29, 1.82) is 0 Å². The molecular formula is C17H18FN5O5. The molecule has 28 heavy (non-hydrogen) atoms. The minimum atomic E-state index is -1.14. The van der Waals surface area contributed by atoms with Crippen molar-refractivity contribution in [3.8, 4) is 0 Å². The number of halogens is 1. The number of hydrogen-bond donors (Lipinski definition) is 4. The molecule has 4 rings (SSSR count). The molecule has 0 saturated carbocycles. The Kier molecular flexibility index (Phi) is 4.49. The molecule has 0 bridgehead atoms. The lowest BCUT2D eigenvalue weighted by Gasteiger charge is -2.15. The Balaban J connectivity index is 1.92. The molecule has 0 unspecified atom stereocenters. The number of hydrogen-bond acceptors (Lipinski definition) is 7. The van der Waals surface area contributed by atoms with Crippen molar-refractivity contribution in [3.63, 3.8) is 0 Å². The number of benzene rings is 1. The minimum absolute atomic E-state index is 0.0645. The van der Waals surface area contributed by atoms with Crippen LogP contribution < -0.4 is 17.0 Å². The van der Waals surface area contributed by atoms with Crippen LogP contribution in [0, 0.1) is 5.82 Å². The van der Waals surface area contributed by atoms with Gasteiger partial charge in [-0.2, -0.15) is 4.98 Å². The lowest BCUT2D eigenvalue weighted by molar-refractivity contribution is -0.0505. The maximum Gasteiger partial charge on any atom is 0.333 e. The zero-order valence-corrected chi connectivity index (χ0v) is 14.6. The average Bonchev–Trinajstić information content (AvgIpc) is 3.12. The summed E-state index contributed by atoms with van der Waals surface area (Å²) in [5.74, 6) is -0.689. The normalized spacial score (nSPS) is 22.2. The van der Waals surface area contributed by atoms with Gasteiger partial charge in [0.15, 0.2) is 17.4 Å². The molecule has 3 heterocycles. The Labute approximate surface area is 156 Å². The van der Waals surface area contributed by atoms with E-state index in [1.807, 2.05) is 0 Å². The Bertz CT molecular complexity index is 1150. The number of nitrogens with zero attached hydrogens (tertiary/aromatic N) is 3. The number of aliphatic hydroxyl groups excluding tert-OH is 2. The summed E-state index contributed by atoms with van der Waals surface area (Å²) in [6.07, 6.45) is -2.78. The Morgan fingerprint density at radius 3 is 2.86 bits per heavy atom. The second-order valence-electron chi connectivity index (χ2n) is 6.63. The number of H-pyrrole nitrogens is 1. The van der Waals surface area contributed by atoms with Gasteiger partial charge in [-0.15, -0.1) is 0 Å². The third kappa shape index (κ3) is 2.99. The zero-order chi connectivity index (χ0) is 20.0. The molecule has 5 N–H and O–H groups in total. The van der Waals surface area contributed by atoms with E-state index < -0.39 is 35.5 Å². The molecule has 3 aromatic rings. The molecule has 0 amide bonds. The first kappa shape index (κ1) is 18.3. The predicted molar refractivity (Wildman–Crippen MR) is 96.1 cm³/mol. The summed E-state index contributed by atoms with van der Waals surface area (Å²) < 4.78 is 21.3. The fourth-order valence-electron chi connectivity index (χ4n) is 3.47. The molecule has 0 spiro atoms. The van der Waals surface area contributed by atoms with Crippen molar-refractivity contribution in [2.24, 2.45) is 0 Å². The maximum absolute atomic E-state index is 13.5. The number of aromatic nitrogens is 4. The fraction of sp³-hybridized carbons (Fsp3) is 0.353. The quantitative estimate of drug-likeness (QED) is 0.459. The highest BCUT2D eigenvalue weighted by atomic mass is 19.1. The van der Waals surface area contributed by atoms with Crippen LogP contribution in [0.2, 0.25) is 0 Å². The van der Waals surface area contributed by atoms with E-state index in [0.717, 1.165) is 9.13 Å². The number of imidazole rings is 1. The van der Waals surface area contributed by atoms with Gasteiger partial charge in [0.2, 0.25) is 5.95 Å². The van der Waals surface area contributed by atoms with E-state index >= 15 is 0 Å². The molecule has 1 aliphatic heterocycles. The van der Waals surface area contributed by atoms with Gasteiger partial charge in [-0.3, -0.25) is 14.3 Å². The minimum Gasteiger partial charge on any atom is -0.394 e. The first-order valence-electron chi connectivity index (χ1n) is 8.58. The van der Waals surface area contributed by atoms with E-state index in [4.69, 9.17) is 10.5 Å². The number of fused-ring (bicyclic) bond motifs is 1. The van der Waals surface area contributed by atoms with Gasteiger partial charge in [0.05, 0.1) is 19.3 Å². The number of rotatable bonds is 4. The van der Waals surface area contributed by atoms with Crippen molar-refractivity contribution in [3.05, 3.63) is 56.5 Å². The number of ether oxygens (including phenoxy) is 1. The maximum atomic E-state index is 13.5. The number of nitrogen functional groups attached to an aromatic ring is 1. The molecule has 3 atom stereocenters. The highest BCUT2D eigenvalue weighted by molar-refractivity contribution is 5.72. The van der Waals surface area contributed by atoms with Crippen LogP contribution in [0.1, 0.15) is 18.2 Å². The summed E-state index contributed by atoms with van der Waals surface area (Å²) >= 11 is 0. The summed E-state index contributed by atoms with van der Waals surface area (Å²) in [5, 5.41) is 19.6. The molecule has 1 fully saturated rings. The van der Waals surface area contributed by atoms with Gasteiger partial charge in [0.25, 0.3) is 5.56 Å². The molecule has 148 valence electrons.